The summed E-state index contributed by atoms with van der Waals surface area (Å²) in [6, 6.07) is 13.1. The van der Waals surface area contributed by atoms with Crippen molar-refractivity contribution < 1.29 is 23.0 Å². The molecule has 25 heavy (non-hydrogen) atoms. The summed E-state index contributed by atoms with van der Waals surface area (Å²) in [5.41, 5.74) is 0.813. The highest BCUT2D eigenvalue weighted by Gasteiger charge is 2.13. The molecule has 8 heteroatoms. The Hall–Kier alpha value is -3.29. The number of anilines is 1. The summed E-state index contributed by atoms with van der Waals surface area (Å²) in [7, 11) is 0. The van der Waals surface area contributed by atoms with Crippen molar-refractivity contribution in [1.82, 2.24) is 9.97 Å². The van der Waals surface area contributed by atoms with E-state index in [-0.39, 0.29) is 23.9 Å². The molecule has 0 saturated heterocycles. The van der Waals surface area contributed by atoms with Crippen LogP contribution < -0.4 is 14.8 Å². The van der Waals surface area contributed by atoms with Crippen LogP contribution in [0.15, 0.2) is 54.9 Å². The third-order valence-electron chi connectivity index (χ3n) is 3.22. The number of nitrogens with zero attached hydrogens (tertiary/aromatic N) is 2. The Labute approximate surface area is 141 Å². The zero-order valence-corrected chi connectivity index (χ0v) is 12.9. The molecule has 1 heterocycles. The number of halogens is 2. The monoisotopic (exact) mass is 345 g/mol. The van der Waals surface area contributed by atoms with E-state index in [4.69, 9.17) is 4.74 Å². The molecule has 0 spiro atoms. The number of hydrogen-bond acceptors (Lipinski definition) is 5. The van der Waals surface area contributed by atoms with Gasteiger partial charge in [0.05, 0.1) is 16.6 Å². The maximum absolute atomic E-state index is 12.4. The van der Waals surface area contributed by atoms with Crippen LogP contribution in [0.1, 0.15) is 0 Å². The lowest BCUT2D eigenvalue weighted by Crippen LogP contribution is -2.21. The standard InChI is InChI=1S/C17H13F2N3O3/c18-17(19)25-14-8-4-3-7-13(14)22-15(23)9-24-16-11-5-1-2-6-12(11)20-10-21-16/h1-8,10,17H,9H2,(H,22,23). The van der Waals surface area contributed by atoms with Crippen molar-refractivity contribution in [3.63, 3.8) is 0 Å². The van der Waals surface area contributed by atoms with E-state index in [0.717, 1.165) is 0 Å². The van der Waals surface area contributed by atoms with E-state index >= 15 is 0 Å². The van der Waals surface area contributed by atoms with Gasteiger partial charge >= 0.3 is 6.61 Å². The Kier molecular flexibility index (Phi) is 4.98. The maximum atomic E-state index is 12.4. The van der Waals surface area contributed by atoms with E-state index in [9.17, 15) is 13.6 Å². The molecule has 0 unspecified atom stereocenters. The van der Waals surface area contributed by atoms with Gasteiger partial charge in [0.2, 0.25) is 5.88 Å². The van der Waals surface area contributed by atoms with Crippen LogP contribution in [-0.4, -0.2) is 29.1 Å². The number of hydrogen-bond donors (Lipinski definition) is 1. The zero-order chi connectivity index (χ0) is 17.6. The maximum Gasteiger partial charge on any atom is 0.387 e. The van der Waals surface area contributed by atoms with E-state index in [0.29, 0.717) is 10.9 Å². The second-order valence-electron chi connectivity index (χ2n) is 4.91. The molecule has 128 valence electrons. The van der Waals surface area contributed by atoms with Gasteiger partial charge in [-0.05, 0) is 24.3 Å². The molecule has 0 radical (unpaired) electrons. The first kappa shape index (κ1) is 16.6. The van der Waals surface area contributed by atoms with Crippen LogP contribution in [0.4, 0.5) is 14.5 Å². The first-order valence-electron chi connectivity index (χ1n) is 7.30. The molecule has 1 aromatic heterocycles. The molecular weight excluding hydrogens is 332 g/mol. The van der Waals surface area contributed by atoms with Crippen molar-refractivity contribution in [2.75, 3.05) is 11.9 Å². The second kappa shape index (κ2) is 7.52. The summed E-state index contributed by atoms with van der Waals surface area (Å²) in [6.07, 6.45) is 1.33. The van der Waals surface area contributed by atoms with Gasteiger partial charge in [-0.2, -0.15) is 8.78 Å². The minimum atomic E-state index is -2.98. The SMILES string of the molecule is O=C(COc1ncnc2ccccc12)Nc1ccccc1OC(F)F. The molecule has 1 N–H and O–H groups in total. The molecule has 1 amide bonds. The predicted octanol–water partition coefficient (Wildman–Crippen LogP) is 3.25. The number of alkyl halides is 2. The van der Waals surface area contributed by atoms with Crippen LogP contribution >= 0.6 is 0 Å². The molecule has 0 aliphatic rings. The largest absolute Gasteiger partial charge is 0.467 e. The van der Waals surface area contributed by atoms with Gasteiger partial charge in [0.25, 0.3) is 5.91 Å². The molecule has 3 rings (SSSR count). The minimum absolute atomic E-state index is 0.127. The van der Waals surface area contributed by atoms with Gasteiger partial charge in [-0.15, -0.1) is 0 Å². The van der Waals surface area contributed by atoms with E-state index in [2.05, 4.69) is 20.0 Å². The van der Waals surface area contributed by atoms with Crippen molar-refractivity contribution in [2.45, 2.75) is 6.61 Å². The molecular formula is C17H13F2N3O3. The third-order valence-corrected chi connectivity index (χ3v) is 3.22. The number of amides is 1. The van der Waals surface area contributed by atoms with Crippen molar-refractivity contribution in [3.8, 4) is 11.6 Å². The van der Waals surface area contributed by atoms with Crippen LogP contribution in [0.3, 0.4) is 0 Å². The van der Waals surface area contributed by atoms with Crippen molar-refractivity contribution in [1.29, 1.82) is 0 Å². The summed E-state index contributed by atoms with van der Waals surface area (Å²) in [5, 5.41) is 3.13. The summed E-state index contributed by atoms with van der Waals surface area (Å²) in [5.74, 6) is -0.399. The molecule has 0 aliphatic carbocycles. The molecule has 2 aromatic carbocycles. The van der Waals surface area contributed by atoms with E-state index in [1.54, 1.807) is 24.3 Å². The first-order chi connectivity index (χ1) is 12.1. The van der Waals surface area contributed by atoms with Gasteiger partial charge in [-0.1, -0.05) is 24.3 Å². The fourth-order valence-corrected chi connectivity index (χ4v) is 2.18. The summed E-state index contributed by atoms with van der Waals surface area (Å²) >= 11 is 0. The van der Waals surface area contributed by atoms with Crippen LogP contribution in [0, 0.1) is 0 Å². The van der Waals surface area contributed by atoms with Gasteiger partial charge < -0.3 is 14.8 Å². The van der Waals surface area contributed by atoms with Gasteiger partial charge in [0, 0.05) is 0 Å². The van der Waals surface area contributed by atoms with Crippen molar-refractivity contribution >= 4 is 22.5 Å². The van der Waals surface area contributed by atoms with Crippen LogP contribution in [0.5, 0.6) is 11.6 Å². The number of para-hydroxylation sites is 3. The average molecular weight is 345 g/mol. The normalized spacial score (nSPS) is 10.7. The molecule has 6 nitrogen and oxygen atoms in total. The topological polar surface area (TPSA) is 73.3 Å². The number of carbonyl (C=O) groups excluding carboxylic acids is 1. The van der Waals surface area contributed by atoms with Crippen molar-refractivity contribution in [3.05, 3.63) is 54.9 Å². The number of ether oxygens (including phenoxy) is 2. The molecule has 0 atom stereocenters. The quantitative estimate of drug-likeness (QED) is 0.742. The first-order valence-corrected chi connectivity index (χ1v) is 7.30. The summed E-state index contributed by atoms with van der Waals surface area (Å²) < 4.78 is 34.5. The number of fused-ring (bicyclic) bond motifs is 1. The lowest BCUT2D eigenvalue weighted by molar-refractivity contribution is -0.118. The summed E-state index contributed by atoms with van der Waals surface area (Å²) in [4.78, 5) is 20.1. The minimum Gasteiger partial charge on any atom is -0.467 e. The fourth-order valence-electron chi connectivity index (χ4n) is 2.18. The number of carbonyl (C=O) groups is 1. The zero-order valence-electron chi connectivity index (χ0n) is 12.9. The Morgan fingerprint density at radius 2 is 1.84 bits per heavy atom. The van der Waals surface area contributed by atoms with Crippen LogP contribution in [0.25, 0.3) is 10.9 Å². The molecule has 0 bridgehead atoms. The Balaban J connectivity index is 1.67. The predicted molar refractivity (Wildman–Crippen MR) is 86.7 cm³/mol. The highest BCUT2D eigenvalue weighted by atomic mass is 19.3. The van der Waals surface area contributed by atoms with E-state index in [1.165, 1.54) is 24.5 Å². The molecule has 3 aromatic rings. The Bertz CT molecular complexity index is 884. The number of nitrogens with one attached hydrogen (secondary N) is 1. The van der Waals surface area contributed by atoms with Gasteiger partial charge in [-0.25, -0.2) is 9.97 Å². The Morgan fingerprint density at radius 3 is 2.68 bits per heavy atom. The number of aromatic nitrogens is 2. The highest BCUT2D eigenvalue weighted by molar-refractivity contribution is 5.93. The van der Waals surface area contributed by atoms with Gasteiger partial charge in [-0.3, -0.25) is 4.79 Å². The third kappa shape index (κ3) is 4.17. The lowest BCUT2D eigenvalue weighted by atomic mass is 10.2. The van der Waals surface area contributed by atoms with Crippen LogP contribution in [0.2, 0.25) is 0 Å². The van der Waals surface area contributed by atoms with Crippen LogP contribution in [-0.2, 0) is 4.79 Å². The second-order valence-corrected chi connectivity index (χ2v) is 4.91. The molecule has 0 aliphatic heterocycles. The summed E-state index contributed by atoms with van der Waals surface area (Å²) in [6.45, 7) is -3.33. The van der Waals surface area contributed by atoms with Gasteiger partial charge in [0.15, 0.2) is 6.61 Å². The van der Waals surface area contributed by atoms with Crippen molar-refractivity contribution in [2.24, 2.45) is 0 Å². The number of benzene rings is 2. The highest BCUT2D eigenvalue weighted by Crippen LogP contribution is 2.25. The van der Waals surface area contributed by atoms with E-state index in [1.807, 2.05) is 6.07 Å². The average Bonchev–Trinajstić information content (AvgIpc) is 2.61. The molecule has 0 saturated carbocycles. The molecule has 0 fully saturated rings. The Morgan fingerprint density at radius 1 is 1.08 bits per heavy atom. The lowest BCUT2D eigenvalue weighted by Gasteiger charge is -2.12. The smallest absolute Gasteiger partial charge is 0.387 e. The van der Waals surface area contributed by atoms with E-state index < -0.39 is 12.5 Å². The number of rotatable bonds is 6. The fraction of sp³-hybridized carbons (Fsp3) is 0.118. The van der Waals surface area contributed by atoms with Gasteiger partial charge in [0.1, 0.15) is 12.1 Å².